The van der Waals surface area contributed by atoms with Gasteiger partial charge >= 0.3 is 0 Å². The topological polar surface area (TPSA) is 120 Å². The molecule has 0 aromatic heterocycles. The van der Waals surface area contributed by atoms with Gasteiger partial charge in [0.1, 0.15) is 12.6 Å². The van der Waals surface area contributed by atoms with Crippen LogP contribution in [0.25, 0.3) is 0 Å². The third-order valence-corrected chi connectivity index (χ3v) is 4.85. The molecule has 2 amide bonds. The minimum atomic E-state index is -0.595. The highest BCUT2D eigenvalue weighted by molar-refractivity contribution is 5.78. The Morgan fingerprint density at radius 3 is 1.58 bits per heavy atom. The number of aldehydes is 2. The quantitative estimate of drug-likeness (QED) is 0.544. The largest absolute Gasteiger partial charge is 0.369 e. The monoisotopic (exact) mass is 368 g/mol. The Hall–Kier alpha value is -1.72. The van der Waals surface area contributed by atoms with E-state index in [4.69, 9.17) is 11.5 Å². The normalized spacial score (nSPS) is 17.0. The van der Waals surface area contributed by atoms with Gasteiger partial charge in [0.2, 0.25) is 11.8 Å². The van der Waals surface area contributed by atoms with Crippen LogP contribution >= 0.6 is 0 Å². The van der Waals surface area contributed by atoms with E-state index in [0.717, 1.165) is 12.6 Å². The van der Waals surface area contributed by atoms with Crippen molar-refractivity contribution in [2.75, 3.05) is 0 Å². The van der Waals surface area contributed by atoms with Crippen molar-refractivity contribution >= 4 is 24.4 Å². The van der Waals surface area contributed by atoms with Crippen LogP contribution in [0.4, 0.5) is 0 Å². The highest BCUT2D eigenvalue weighted by Crippen LogP contribution is 2.34. The molecule has 0 spiro atoms. The first-order chi connectivity index (χ1) is 11.7. The van der Waals surface area contributed by atoms with Gasteiger partial charge in [0, 0.05) is 23.7 Å². The van der Waals surface area contributed by atoms with Crippen LogP contribution in [0, 0.1) is 34.5 Å². The molecule has 6 heteroatoms. The Morgan fingerprint density at radius 2 is 1.27 bits per heavy atom. The van der Waals surface area contributed by atoms with Crippen molar-refractivity contribution in [3.63, 3.8) is 0 Å². The summed E-state index contributed by atoms with van der Waals surface area (Å²) < 4.78 is 0. The summed E-state index contributed by atoms with van der Waals surface area (Å²) in [6.07, 6.45) is 2.99. The molecular formula is C20H36N2O4. The highest BCUT2D eigenvalue weighted by atomic mass is 16.1. The van der Waals surface area contributed by atoms with Crippen LogP contribution in [0.1, 0.15) is 67.2 Å². The van der Waals surface area contributed by atoms with Crippen LogP contribution in [0.3, 0.4) is 0 Å². The second-order valence-corrected chi connectivity index (χ2v) is 9.68. The molecule has 0 radical (unpaired) electrons. The van der Waals surface area contributed by atoms with E-state index in [9.17, 15) is 19.2 Å². The molecule has 6 nitrogen and oxygen atoms in total. The Kier molecular flexibility index (Phi) is 9.18. The third kappa shape index (κ3) is 9.11. The summed E-state index contributed by atoms with van der Waals surface area (Å²) in [5.74, 6) is -2.85. The average Bonchev–Trinajstić information content (AvgIpc) is 2.45. The van der Waals surface area contributed by atoms with E-state index in [0.29, 0.717) is 19.3 Å². The van der Waals surface area contributed by atoms with Gasteiger partial charge in [-0.05, 0) is 36.5 Å². The molecule has 0 heterocycles. The molecule has 0 fully saturated rings. The Morgan fingerprint density at radius 1 is 0.808 bits per heavy atom. The van der Waals surface area contributed by atoms with Gasteiger partial charge in [0.25, 0.3) is 0 Å². The van der Waals surface area contributed by atoms with Crippen LogP contribution in [-0.2, 0) is 19.2 Å². The molecule has 4 atom stereocenters. The molecule has 150 valence electrons. The average molecular weight is 369 g/mol. The molecule has 0 aromatic carbocycles. The summed E-state index contributed by atoms with van der Waals surface area (Å²) in [5.41, 5.74) is 10.6. The second kappa shape index (κ2) is 9.83. The second-order valence-electron chi connectivity index (χ2n) is 9.68. The van der Waals surface area contributed by atoms with Crippen LogP contribution < -0.4 is 11.5 Å². The molecule has 0 aliphatic carbocycles. The summed E-state index contributed by atoms with van der Waals surface area (Å²) in [6, 6.07) is 0. The van der Waals surface area contributed by atoms with Gasteiger partial charge in [-0.2, -0.15) is 0 Å². The maximum atomic E-state index is 11.9. The van der Waals surface area contributed by atoms with E-state index >= 15 is 0 Å². The van der Waals surface area contributed by atoms with Crippen molar-refractivity contribution in [3.05, 3.63) is 0 Å². The third-order valence-electron chi connectivity index (χ3n) is 4.85. The van der Waals surface area contributed by atoms with Crippen LogP contribution in [0.15, 0.2) is 0 Å². The lowest BCUT2D eigenvalue weighted by atomic mass is 9.73. The summed E-state index contributed by atoms with van der Waals surface area (Å²) >= 11 is 0. The molecule has 4 unspecified atom stereocenters. The lowest BCUT2D eigenvalue weighted by Gasteiger charge is -2.30. The molecule has 26 heavy (non-hydrogen) atoms. The number of primary amides is 2. The number of nitrogens with two attached hydrogens (primary N) is 2. The molecule has 4 N–H and O–H groups in total. The highest BCUT2D eigenvalue weighted by Gasteiger charge is 2.32. The van der Waals surface area contributed by atoms with Gasteiger partial charge in [-0.25, -0.2) is 0 Å². The number of hydrogen-bond donors (Lipinski definition) is 2. The molecule has 0 aromatic rings. The number of carbonyl (C=O) groups is 4. The summed E-state index contributed by atoms with van der Waals surface area (Å²) in [4.78, 5) is 46.6. The molecule has 0 saturated carbocycles. The number of carbonyl (C=O) groups excluding carboxylic acids is 4. The van der Waals surface area contributed by atoms with E-state index in [1.807, 2.05) is 41.5 Å². The van der Waals surface area contributed by atoms with E-state index < -0.39 is 29.6 Å². The first-order valence-corrected chi connectivity index (χ1v) is 9.20. The lowest BCUT2D eigenvalue weighted by Crippen LogP contribution is -2.34. The summed E-state index contributed by atoms with van der Waals surface area (Å²) in [5, 5.41) is 0. The zero-order valence-corrected chi connectivity index (χ0v) is 17.1. The van der Waals surface area contributed by atoms with Crippen molar-refractivity contribution in [2.45, 2.75) is 67.2 Å². The summed E-state index contributed by atoms with van der Waals surface area (Å²) in [7, 11) is 0. The van der Waals surface area contributed by atoms with Crippen molar-refractivity contribution in [2.24, 2.45) is 46.0 Å². The van der Waals surface area contributed by atoms with Crippen molar-refractivity contribution < 1.29 is 19.2 Å². The van der Waals surface area contributed by atoms with E-state index in [-0.39, 0.29) is 23.2 Å². The van der Waals surface area contributed by atoms with Crippen LogP contribution in [0.5, 0.6) is 0 Å². The molecule has 0 rings (SSSR count). The minimum absolute atomic E-state index is 0.106. The van der Waals surface area contributed by atoms with Crippen LogP contribution in [-0.4, -0.2) is 24.4 Å². The van der Waals surface area contributed by atoms with Gasteiger partial charge in [-0.3, -0.25) is 9.59 Å². The standard InChI is InChI=1S/C20H36N2O4/c1-19(2,3)10-15(18(22)26)8-13(11-23)7-14(17(21)25)9-16(12-24)20(4,5)6/h11-16H,7-10H2,1-6H3,(H2,21,25)(H2,22,26). The predicted molar refractivity (Wildman–Crippen MR) is 102 cm³/mol. The van der Waals surface area contributed by atoms with E-state index in [2.05, 4.69) is 0 Å². The Balaban J connectivity index is 5.21. The number of amides is 2. The molecular weight excluding hydrogens is 332 g/mol. The Labute approximate surface area is 157 Å². The molecule has 0 aliphatic rings. The molecule has 0 aliphatic heterocycles. The number of hydrogen-bond acceptors (Lipinski definition) is 4. The maximum Gasteiger partial charge on any atom is 0.220 e. The SMILES string of the molecule is CC(C)(C)CC(CC(C=O)CC(CC(C=O)C(C)(C)C)C(N)=O)C(N)=O. The van der Waals surface area contributed by atoms with Crippen molar-refractivity contribution in [3.8, 4) is 0 Å². The predicted octanol–water partition coefficient (Wildman–Crippen LogP) is 2.47. The first-order valence-electron chi connectivity index (χ1n) is 9.20. The van der Waals surface area contributed by atoms with Crippen LogP contribution in [0.2, 0.25) is 0 Å². The smallest absolute Gasteiger partial charge is 0.220 e. The lowest BCUT2D eigenvalue weighted by molar-refractivity contribution is -0.125. The van der Waals surface area contributed by atoms with Crippen molar-refractivity contribution in [1.82, 2.24) is 0 Å². The fraction of sp³-hybridized carbons (Fsp3) is 0.800. The van der Waals surface area contributed by atoms with Crippen molar-refractivity contribution in [1.29, 1.82) is 0 Å². The fourth-order valence-electron chi connectivity index (χ4n) is 3.23. The van der Waals surface area contributed by atoms with Gasteiger partial charge < -0.3 is 21.1 Å². The van der Waals surface area contributed by atoms with Gasteiger partial charge in [0.15, 0.2) is 0 Å². The minimum Gasteiger partial charge on any atom is -0.369 e. The molecule has 0 bridgehead atoms. The van der Waals surface area contributed by atoms with Gasteiger partial charge in [0.05, 0.1) is 0 Å². The molecule has 0 saturated heterocycles. The zero-order chi connectivity index (χ0) is 20.7. The Bertz CT molecular complexity index is 503. The van der Waals surface area contributed by atoms with Gasteiger partial charge in [-0.15, -0.1) is 0 Å². The van der Waals surface area contributed by atoms with E-state index in [1.165, 1.54) is 0 Å². The zero-order valence-electron chi connectivity index (χ0n) is 17.1. The van der Waals surface area contributed by atoms with E-state index in [1.54, 1.807) is 0 Å². The first kappa shape index (κ1) is 24.3. The number of rotatable bonds is 11. The summed E-state index contributed by atoms with van der Waals surface area (Å²) in [6.45, 7) is 11.8. The van der Waals surface area contributed by atoms with Gasteiger partial charge in [-0.1, -0.05) is 41.5 Å². The maximum absolute atomic E-state index is 11.9. The fourth-order valence-corrected chi connectivity index (χ4v) is 3.23.